The molecule has 0 bridgehead atoms. The van der Waals surface area contributed by atoms with Crippen molar-refractivity contribution in [1.29, 1.82) is 0 Å². The Morgan fingerprint density at radius 2 is 1.91 bits per heavy atom. The summed E-state index contributed by atoms with van der Waals surface area (Å²) in [6.45, 7) is 12.1. The molecule has 1 heterocycles. The van der Waals surface area contributed by atoms with Crippen molar-refractivity contribution < 1.29 is 0 Å². The van der Waals surface area contributed by atoms with Crippen molar-refractivity contribution in [3.8, 4) is 0 Å². The summed E-state index contributed by atoms with van der Waals surface area (Å²) >= 11 is 0. The lowest BCUT2D eigenvalue weighted by atomic mass is 9.87. The minimum absolute atomic E-state index is 0.160. The van der Waals surface area contributed by atoms with Gasteiger partial charge in [0.05, 0.1) is 5.71 Å². The largest absolute Gasteiger partial charge is 0.340 e. The molecule has 1 aromatic rings. The van der Waals surface area contributed by atoms with Crippen LogP contribution in [0.25, 0.3) is 0 Å². The average Bonchev–Trinajstić information content (AvgIpc) is 2.52. The molecule has 4 nitrogen and oxygen atoms in total. The summed E-state index contributed by atoms with van der Waals surface area (Å²) in [6.07, 6.45) is 0.911. The van der Waals surface area contributed by atoms with E-state index in [0.29, 0.717) is 0 Å². The van der Waals surface area contributed by atoms with Crippen LogP contribution in [-0.2, 0) is 5.41 Å². The van der Waals surface area contributed by atoms with Crippen molar-refractivity contribution in [2.45, 2.75) is 32.6 Å². The van der Waals surface area contributed by atoms with Gasteiger partial charge in [0.2, 0.25) is 0 Å². The van der Waals surface area contributed by atoms with Crippen molar-refractivity contribution in [1.82, 2.24) is 5.32 Å². The summed E-state index contributed by atoms with van der Waals surface area (Å²) < 4.78 is 0. The standard InChI is InChI=1S/C18H26N4/c1-18(2,3)13-6-8-14(9-7-13)22-17(20-5)15-10-11-21-12-16(15)19-4/h6-9,21-22H,5,10-12H2,1-4H3/b17-15+,19-16?. The number of hydrogen-bond acceptors (Lipinski definition) is 4. The van der Waals surface area contributed by atoms with Crippen molar-refractivity contribution in [2.75, 3.05) is 25.5 Å². The molecule has 0 spiro atoms. The zero-order valence-corrected chi connectivity index (χ0v) is 14.0. The predicted molar refractivity (Wildman–Crippen MR) is 96.2 cm³/mol. The van der Waals surface area contributed by atoms with Crippen LogP contribution in [0.15, 0.2) is 45.6 Å². The molecule has 0 aromatic heterocycles. The van der Waals surface area contributed by atoms with E-state index in [4.69, 9.17) is 0 Å². The molecule has 0 atom stereocenters. The van der Waals surface area contributed by atoms with Gasteiger partial charge < -0.3 is 10.6 Å². The minimum atomic E-state index is 0.160. The Bertz CT molecular complexity index is 589. The van der Waals surface area contributed by atoms with Crippen molar-refractivity contribution in [3.05, 3.63) is 41.2 Å². The third-order valence-electron chi connectivity index (χ3n) is 3.92. The summed E-state index contributed by atoms with van der Waals surface area (Å²) in [5, 5.41) is 6.71. The molecule has 118 valence electrons. The number of hydrogen-bond donors (Lipinski definition) is 2. The fourth-order valence-corrected chi connectivity index (χ4v) is 2.54. The molecule has 2 rings (SSSR count). The van der Waals surface area contributed by atoms with E-state index in [0.717, 1.165) is 42.3 Å². The molecule has 1 aliphatic rings. The van der Waals surface area contributed by atoms with Crippen LogP contribution in [0.4, 0.5) is 5.69 Å². The molecule has 2 N–H and O–H groups in total. The van der Waals surface area contributed by atoms with Crippen molar-refractivity contribution in [2.24, 2.45) is 9.98 Å². The molecule has 22 heavy (non-hydrogen) atoms. The second kappa shape index (κ2) is 6.88. The minimum Gasteiger partial charge on any atom is -0.340 e. The van der Waals surface area contributed by atoms with E-state index in [2.05, 4.69) is 72.4 Å². The molecular formula is C18H26N4. The maximum atomic E-state index is 4.35. The Labute approximate surface area is 133 Å². The van der Waals surface area contributed by atoms with E-state index in [9.17, 15) is 0 Å². The average molecular weight is 298 g/mol. The first-order valence-electron chi connectivity index (χ1n) is 7.70. The van der Waals surface area contributed by atoms with Crippen LogP contribution in [0.2, 0.25) is 0 Å². The van der Waals surface area contributed by atoms with Gasteiger partial charge in [0, 0.05) is 24.9 Å². The van der Waals surface area contributed by atoms with Gasteiger partial charge in [-0.05, 0) is 42.8 Å². The number of nitrogens with zero attached hydrogens (tertiary/aromatic N) is 2. The van der Waals surface area contributed by atoms with Gasteiger partial charge in [-0.1, -0.05) is 32.9 Å². The Morgan fingerprint density at radius 3 is 2.45 bits per heavy atom. The molecule has 1 saturated heterocycles. The summed E-state index contributed by atoms with van der Waals surface area (Å²) in [6, 6.07) is 8.50. The summed E-state index contributed by atoms with van der Waals surface area (Å²) in [5.41, 5.74) is 4.70. The SMILES string of the molecule is C=N/C(Nc1ccc(C(C)(C)C)cc1)=C1/CCNCC1=NC. The maximum Gasteiger partial charge on any atom is 0.134 e. The Kier molecular flexibility index (Phi) is 5.14. The van der Waals surface area contributed by atoms with Gasteiger partial charge in [-0.25, -0.2) is 4.99 Å². The Balaban J connectivity index is 2.25. The zero-order valence-electron chi connectivity index (χ0n) is 14.0. The number of benzene rings is 1. The molecule has 0 radical (unpaired) electrons. The highest BCUT2D eigenvalue weighted by Crippen LogP contribution is 2.25. The van der Waals surface area contributed by atoms with Gasteiger partial charge in [-0.2, -0.15) is 0 Å². The van der Waals surface area contributed by atoms with Crippen molar-refractivity contribution >= 4 is 18.1 Å². The first-order chi connectivity index (χ1) is 10.5. The lowest BCUT2D eigenvalue weighted by Gasteiger charge is -2.22. The van der Waals surface area contributed by atoms with Crippen LogP contribution >= 0.6 is 0 Å². The monoisotopic (exact) mass is 298 g/mol. The fraction of sp³-hybridized carbons (Fsp3) is 0.444. The molecule has 0 aliphatic carbocycles. The Morgan fingerprint density at radius 1 is 1.23 bits per heavy atom. The van der Waals surface area contributed by atoms with Gasteiger partial charge in [0.1, 0.15) is 5.82 Å². The van der Waals surface area contributed by atoms with E-state index in [-0.39, 0.29) is 5.41 Å². The molecule has 4 heteroatoms. The molecule has 1 aliphatic heterocycles. The molecule has 0 amide bonds. The van der Waals surface area contributed by atoms with Crippen LogP contribution in [0.3, 0.4) is 0 Å². The van der Waals surface area contributed by atoms with Gasteiger partial charge in [0.15, 0.2) is 0 Å². The zero-order chi connectivity index (χ0) is 16.2. The highest BCUT2D eigenvalue weighted by atomic mass is 15.0. The van der Waals surface area contributed by atoms with Crippen LogP contribution in [0.5, 0.6) is 0 Å². The van der Waals surface area contributed by atoms with Gasteiger partial charge >= 0.3 is 0 Å². The summed E-state index contributed by atoms with van der Waals surface area (Å²) in [5.74, 6) is 0.811. The predicted octanol–water partition coefficient (Wildman–Crippen LogP) is 3.37. The van der Waals surface area contributed by atoms with Crippen LogP contribution < -0.4 is 10.6 Å². The molecule has 0 unspecified atom stereocenters. The Hall–Kier alpha value is -1.94. The number of aliphatic imine (C=N–C) groups is 2. The van der Waals surface area contributed by atoms with Crippen LogP contribution in [-0.4, -0.2) is 32.6 Å². The third-order valence-corrected chi connectivity index (χ3v) is 3.92. The van der Waals surface area contributed by atoms with Gasteiger partial charge in [-0.15, -0.1) is 0 Å². The highest BCUT2D eigenvalue weighted by molar-refractivity contribution is 6.03. The van der Waals surface area contributed by atoms with Crippen LogP contribution in [0, 0.1) is 0 Å². The van der Waals surface area contributed by atoms with E-state index >= 15 is 0 Å². The second-order valence-corrected chi connectivity index (χ2v) is 6.53. The lowest BCUT2D eigenvalue weighted by Crippen LogP contribution is -2.33. The first kappa shape index (κ1) is 16.4. The van der Waals surface area contributed by atoms with Gasteiger partial charge in [0.25, 0.3) is 0 Å². The summed E-state index contributed by atoms with van der Waals surface area (Å²) in [4.78, 5) is 8.54. The van der Waals surface area contributed by atoms with E-state index < -0.39 is 0 Å². The fourth-order valence-electron chi connectivity index (χ4n) is 2.54. The second-order valence-electron chi connectivity index (χ2n) is 6.53. The van der Waals surface area contributed by atoms with Crippen LogP contribution in [0.1, 0.15) is 32.8 Å². The number of anilines is 1. The number of nitrogens with one attached hydrogen (secondary N) is 2. The van der Waals surface area contributed by atoms with E-state index in [1.54, 1.807) is 0 Å². The highest BCUT2D eigenvalue weighted by Gasteiger charge is 2.17. The molecule has 0 saturated carbocycles. The quantitative estimate of drug-likeness (QED) is 0.841. The topological polar surface area (TPSA) is 48.8 Å². The van der Waals surface area contributed by atoms with Crippen molar-refractivity contribution in [3.63, 3.8) is 0 Å². The van der Waals surface area contributed by atoms with E-state index in [1.165, 1.54) is 5.56 Å². The molecule has 1 aromatic carbocycles. The normalized spacial score (nSPS) is 19.9. The smallest absolute Gasteiger partial charge is 0.134 e. The summed E-state index contributed by atoms with van der Waals surface area (Å²) in [7, 11) is 1.82. The maximum absolute atomic E-state index is 4.35. The van der Waals surface area contributed by atoms with Gasteiger partial charge in [-0.3, -0.25) is 4.99 Å². The molecule has 1 fully saturated rings. The lowest BCUT2D eigenvalue weighted by molar-refractivity contribution is 0.590. The number of rotatable bonds is 3. The number of piperidine rings is 1. The molecular weight excluding hydrogens is 272 g/mol. The third kappa shape index (κ3) is 3.83. The first-order valence-corrected chi connectivity index (χ1v) is 7.70. The van der Waals surface area contributed by atoms with E-state index in [1.807, 2.05) is 7.05 Å².